The first kappa shape index (κ1) is 18.2. The first-order chi connectivity index (χ1) is 13.7. The summed E-state index contributed by atoms with van der Waals surface area (Å²) in [5, 5.41) is 0. The fourth-order valence-electron chi connectivity index (χ4n) is 3.90. The maximum absolute atomic E-state index is 13.0. The summed E-state index contributed by atoms with van der Waals surface area (Å²) in [6.07, 6.45) is 5.54. The van der Waals surface area contributed by atoms with Crippen LogP contribution in [0.3, 0.4) is 0 Å². The molecule has 2 aromatic heterocycles. The number of nitrogens with two attached hydrogens (primary N) is 1. The van der Waals surface area contributed by atoms with Crippen LogP contribution < -0.4 is 5.73 Å². The predicted molar refractivity (Wildman–Crippen MR) is 107 cm³/mol. The first-order valence-electron chi connectivity index (χ1n) is 9.65. The minimum absolute atomic E-state index is 0.0666. The molecule has 0 spiro atoms. The second kappa shape index (κ2) is 8.25. The van der Waals surface area contributed by atoms with Gasteiger partial charge in [-0.05, 0) is 36.6 Å². The Morgan fingerprint density at radius 1 is 1.14 bits per heavy atom. The lowest BCUT2D eigenvalue weighted by Crippen LogP contribution is -2.38. The zero-order chi connectivity index (χ0) is 19.3. The number of likely N-dealkylation sites (tertiary alicyclic amines) is 1. The van der Waals surface area contributed by atoms with Gasteiger partial charge < -0.3 is 15.1 Å². The second-order valence-electron chi connectivity index (χ2n) is 7.18. The maximum atomic E-state index is 13.0. The molecule has 0 aliphatic carbocycles. The smallest absolute Gasteiger partial charge is 0.223 e. The van der Waals surface area contributed by atoms with Gasteiger partial charge in [0.1, 0.15) is 5.76 Å². The third-order valence-corrected chi connectivity index (χ3v) is 5.43. The Morgan fingerprint density at radius 2 is 1.93 bits per heavy atom. The van der Waals surface area contributed by atoms with E-state index in [1.165, 1.54) is 0 Å². The number of rotatable bonds is 5. The highest BCUT2D eigenvalue weighted by molar-refractivity contribution is 5.77. The number of hydrogen-bond donors (Lipinski definition) is 1. The van der Waals surface area contributed by atoms with E-state index < -0.39 is 0 Å². The first-order valence-corrected chi connectivity index (χ1v) is 9.65. The van der Waals surface area contributed by atoms with Crippen molar-refractivity contribution < 1.29 is 9.21 Å². The monoisotopic (exact) mass is 376 g/mol. The quantitative estimate of drug-likeness (QED) is 0.736. The molecule has 1 saturated heterocycles. The molecule has 0 saturated carbocycles. The number of amides is 1. The normalized spacial score (nSPS) is 16.1. The summed E-state index contributed by atoms with van der Waals surface area (Å²) in [4.78, 5) is 23.3. The highest BCUT2D eigenvalue weighted by Crippen LogP contribution is 2.31. The molecule has 0 bridgehead atoms. The van der Waals surface area contributed by atoms with Gasteiger partial charge in [-0.1, -0.05) is 30.3 Å². The lowest BCUT2D eigenvalue weighted by atomic mass is 9.90. The molecule has 6 heteroatoms. The summed E-state index contributed by atoms with van der Waals surface area (Å²) in [5.74, 6) is 1.55. The maximum Gasteiger partial charge on any atom is 0.223 e. The SMILES string of the molecule is Nc1nccc(C2CCN(C(=O)CC(c3ccccc3)c3ccco3)CC2)n1. The van der Waals surface area contributed by atoms with Crippen LogP contribution in [0.25, 0.3) is 0 Å². The molecule has 1 atom stereocenters. The third kappa shape index (κ3) is 4.06. The topological polar surface area (TPSA) is 85.2 Å². The van der Waals surface area contributed by atoms with Crippen molar-refractivity contribution in [1.82, 2.24) is 14.9 Å². The van der Waals surface area contributed by atoms with Crippen molar-refractivity contribution in [2.24, 2.45) is 0 Å². The van der Waals surface area contributed by atoms with Crippen LogP contribution in [0.5, 0.6) is 0 Å². The Balaban J connectivity index is 1.42. The molecule has 0 radical (unpaired) electrons. The summed E-state index contributed by atoms with van der Waals surface area (Å²) in [6, 6.07) is 15.8. The highest BCUT2D eigenvalue weighted by atomic mass is 16.3. The van der Waals surface area contributed by atoms with Gasteiger partial charge in [0.2, 0.25) is 11.9 Å². The molecule has 4 rings (SSSR count). The van der Waals surface area contributed by atoms with Gasteiger partial charge in [0, 0.05) is 37.3 Å². The van der Waals surface area contributed by atoms with Crippen LogP contribution in [-0.4, -0.2) is 33.9 Å². The molecular formula is C22H24N4O2. The van der Waals surface area contributed by atoms with Crippen LogP contribution in [0.4, 0.5) is 5.95 Å². The molecule has 1 aliphatic rings. The summed E-state index contributed by atoms with van der Waals surface area (Å²) in [5.41, 5.74) is 7.77. The number of hydrogen-bond acceptors (Lipinski definition) is 5. The molecule has 144 valence electrons. The minimum atomic E-state index is -0.0666. The number of carbonyl (C=O) groups excluding carboxylic acids is 1. The molecular weight excluding hydrogens is 352 g/mol. The molecule has 2 N–H and O–H groups in total. The Morgan fingerprint density at radius 3 is 2.61 bits per heavy atom. The minimum Gasteiger partial charge on any atom is -0.469 e. The number of carbonyl (C=O) groups is 1. The van der Waals surface area contributed by atoms with E-state index in [0.717, 1.165) is 42.9 Å². The van der Waals surface area contributed by atoms with Crippen molar-refractivity contribution in [2.45, 2.75) is 31.1 Å². The van der Waals surface area contributed by atoms with Crippen molar-refractivity contribution in [3.05, 3.63) is 78.0 Å². The van der Waals surface area contributed by atoms with Crippen LogP contribution in [0.2, 0.25) is 0 Å². The van der Waals surface area contributed by atoms with Crippen molar-refractivity contribution in [3.63, 3.8) is 0 Å². The number of nitrogens with zero attached hydrogens (tertiary/aromatic N) is 3. The largest absolute Gasteiger partial charge is 0.469 e. The van der Waals surface area contributed by atoms with E-state index in [4.69, 9.17) is 10.2 Å². The van der Waals surface area contributed by atoms with Gasteiger partial charge in [-0.15, -0.1) is 0 Å². The molecule has 1 aromatic carbocycles. The molecule has 1 unspecified atom stereocenters. The van der Waals surface area contributed by atoms with E-state index in [1.807, 2.05) is 53.4 Å². The summed E-state index contributed by atoms with van der Waals surface area (Å²) < 4.78 is 5.63. The Hall–Kier alpha value is -3.15. The lowest BCUT2D eigenvalue weighted by molar-refractivity contribution is -0.132. The standard InChI is InChI=1S/C22H24N4O2/c23-22-24-11-8-19(25-22)17-9-12-26(13-10-17)21(27)15-18(20-7-4-14-28-20)16-5-2-1-3-6-16/h1-8,11,14,17-18H,9-10,12-13,15H2,(H2,23,24,25). The van der Waals surface area contributed by atoms with Gasteiger partial charge in [-0.25, -0.2) is 9.97 Å². The van der Waals surface area contributed by atoms with Gasteiger partial charge in [-0.3, -0.25) is 4.79 Å². The number of nitrogen functional groups attached to an aromatic ring is 1. The summed E-state index contributed by atoms with van der Waals surface area (Å²) in [6.45, 7) is 1.46. The van der Waals surface area contributed by atoms with Crippen molar-refractivity contribution in [1.29, 1.82) is 0 Å². The van der Waals surface area contributed by atoms with E-state index >= 15 is 0 Å². The van der Waals surface area contributed by atoms with E-state index in [0.29, 0.717) is 18.3 Å². The molecule has 3 heterocycles. The van der Waals surface area contributed by atoms with Gasteiger partial charge in [0.05, 0.1) is 12.2 Å². The van der Waals surface area contributed by atoms with Gasteiger partial charge in [0.15, 0.2) is 0 Å². The van der Waals surface area contributed by atoms with Crippen LogP contribution in [0.15, 0.2) is 65.4 Å². The number of anilines is 1. The van der Waals surface area contributed by atoms with Gasteiger partial charge in [-0.2, -0.15) is 0 Å². The molecule has 1 fully saturated rings. The Kier molecular flexibility index (Phi) is 5.37. The predicted octanol–water partition coefficient (Wildman–Crippen LogP) is 3.58. The van der Waals surface area contributed by atoms with E-state index in [1.54, 1.807) is 12.5 Å². The Labute approximate surface area is 164 Å². The molecule has 1 aliphatic heterocycles. The van der Waals surface area contributed by atoms with Crippen molar-refractivity contribution in [3.8, 4) is 0 Å². The van der Waals surface area contributed by atoms with Crippen molar-refractivity contribution in [2.75, 3.05) is 18.8 Å². The van der Waals surface area contributed by atoms with Gasteiger partial charge in [0.25, 0.3) is 0 Å². The fourth-order valence-corrected chi connectivity index (χ4v) is 3.90. The number of furan rings is 1. The van der Waals surface area contributed by atoms with Crippen molar-refractivity contribution >= 4 is 11.9 Å². The van der Waals surface area contributed by atoms with Crippen LogP contribution in [-0.2, 0) is 4.79 Å². The van der Waals surface area contributed by atoms with Crippen LogP contribution >= 0.6 is 0 Å². The summed E-state index contributed by atoms with van der Waals surface area (Å²) in [7, 11) is 0. The fraction of sp³-hybridized carbons (Fsp3) is 0.318. The highest BCUT2D eigenvalue weighted by Gasteiger charge is 2.28. The van der Waals surface area contributed by atoms with Crippen LogP contribution in [0.1, 0.15) is 48.1 Å². The van der Waals surface area contributed by atoms with E-state index in [-0.39, 0.29) is 11.8 Å². The van der Waals surface area contributed by atoms with E-state index in [9.17, 15) is 4.79 Å². The molecule has 28 heavy (non-hydrogen) atoms. The van der Waals surface area contributed by atoms with Gasteiger partial charge >= 0.3 is 0 Å². The third-order valence-electron chi connectivity index (χ3n) is 5.43. The number of aromatic nitrogens is 2. The average molecular weight is 376 g/mol. The average Bonchev–Trinajstić information content (AvgIpc) is 3.27. The van der Waals surface area contributed by atoms with E-state index in [2.05, 4.69) is 9.97 Å². The zero-order valence-corrected chi connectivity index (χ0v) is 15.7. The zero-order valence-electron chi connectivity index (χ0n) is 15.7. The number of piperidine rings is 1. The Bertz CT molecular complexity index is 903. The molecule has 3 aromatic rings. The lowest BCUT2D eigenvalue weighted by Gasteiger charge is -2.32. The molecule has 6 nitrogen and oxygen atoms in total. The molecule has 1 amide bonds. The second-order valence-corrected chi connectivity index (χ2v) is 7.18. The summed E-state index contributed by atoms with van der Waals surface area (Å²) >= 11 is 0. The van der Waals surface area contributed by atoms with Crippen LogP contribution in [0, 0.1) is 0 Å². The number of benzene rings is 1.